The number of imide groups is 1. The number of rotatable bonds is 6. The summed E-state index contributed by atoms with van der Waals surface area (Å²) in [6, 6.07) is 21.0. The van der Waals surface area contributed by atoms with Crippen LogP contribution in [0.5, 0.6) is 0 Å². The zero-order valence-corrected chi connectivity index (χ0v) is 19.9. The molecule has 2 N–H and O–H groups in total. The van der Waals surface area contributed by atoms with E-state index in [0.29, 0.717) is 22.6 Å². The average molecular weight is 525 g/mol. The molecule has 3 amide bonds. The Hall–Kier alpha value is -3.42. The van der Waals surface area contributed by atoms with Gasteiger partial charge < -0.3 is 10.6 Å². The largest absolute Gasteiger partial charge is 0.350 e. The van der Waals surface area contributed by atoms with Crippen LogP contribution in [0.15, 0.2) is 88.0 Å². The smallest absolute Gasteiger partial charge is 0.283 e. The highest BCUT2D eigenvalue weighted by molar-refractivity contribution is 9.10. The number of halogens is 2. The third-order valence-electron chi connectivity index (χ3n) is 5.13. The van der Waals surface area contributed by atoms with Crippen LogP contribution in [-0.4, -0.2) is 17.7 Å². The number of carbonyl (C=O) groups excluding carboxylic acids is 3. The third kappa shape index (κ3) is 4.84. The molecular formula is C25H19BrClN3O3. The van der Waals surface area contributed by atoms with Crippen molar-refractivity contribution >= 4 is 62.3 Å². The standard InChI is InChI=1S/C25H19BrClN3O3/c1-2-15-6-12-20(13-7-15)30-24(32)21(27)22(25(30)33)28-19-5-3-4-16(14-19)23(31)29-18-10-8-17(26)9-11-18/h3-14,28H,2H2,1H3,(H,29,31). The number of amides is 3. The summed E-state index contributed by atoms with van der Waals surface area (Å²) in [7, 11) is 0. The molecule has 33 heavy (non-hydrogen) atoms. The number of nitrogens with zero attached hydrogens (tertiary/aromatic N) is 1. The Kier molecular flexibility index (Phi) is 6.62. The van der Waals surface area contributed by atoms with Crippen molar-refractivity contribution in [2.24, 2.45) is 0 Å². The Balaban J connectivity index is 1.52. The molecule has 0 saturated carbocycles. The van der Waals surface area contributed by atoms with Gasteiger partial charge in [-0.25, -0.2) is 4.90 Å². The van der Waals surface area contributed by atoms with Crippen LogP contribution in [0.1, 0.15) is 22.8 Å². The number of anilines is 3. The van der Waals surface area contributed by atoms with E-state index >= 15 is 0 Å². The third-order valence-corrected chi connectivity index (χ3v) is 6.01. The van der Waals surface area contributed by atoms with Crippen LogP contribution in [-0.2, 0) is 16.0 Å². The molecule has 0 fully saturated rings. The first kappa shape index (κ1) is 22.8. The van der Waals surface area contributed by atoms with Crippen LogP contribution in [0.4, 0.5) is 17.1 Å². The van der Waals surface area contributed by atoms with Crippen LogP contribution in [0.25, 0.3) is 0 Å². The Morgan fingerprint density at radius 2 is 1.64 bits per heavy atom. The molecule has 0 aromatic heterocycles. The summed E-state index contributed by atoms with van der Waals surface area (Å²) in [5.41, 5.74) is 2.98. The lowest BCUT2D eigenvalue weighted by Gasteiger charge is -2.15. The second-order valence-corrected chi connectivity index (χ2v) is 8.62. The minimum atomic E-state index is -0.599. The quantitative estimate of drug-likeness (QED) is 0.406. The van der Waals surface area contributed by atoms with Crippen molar-refractivity contribution in [1.82, 2.24) is 0 Å². The van der Waals surface area contributed by atoms with Gasteiger partial charge >= 0.3 is 0 Å². The molecule has 1 aliphatic rings. The van der Waals surface area contributed by atoms with Crippen LogP contribution >= 0.6 is 27.5 Å². The summed E-state index contributed by atoms with van der Waals surface area (Å²) in [4.78, 5) is 39.3. The summed E-state index contributed by atoms with van der Waals surface area (Å²) in [6.07, 6.45) is 0.847. The van der Waals surface area contributed by atoms with E-state index in [1.807, 2.05) is 31.2 Å². The topological polar surface area (TPSA) is 78.5 Å². The van der Waals surface area contributed by atoms with E-state index in [4.69, 9.17) is 11.6 Å². The average Bonchev–Trinajstić information content (AvgIpc) is 3.04. The van der Waals surface area contributed by atoms with Crippen LogP contribution in [0.3, 0.4) is 0 Å². The Bertz CT molecular complexity index is 1270. The molecule has 0 unspecified atom stereocenters. The van der Waals surface area contributed by atoms with Crippen molar-refractivity contribution in [2.45, 2.75) is 13.3 Å². The fourth-order valence-corrected chi connectivity index (χ4v) is 3.82. The summed E-state index contributed by atoms with van der Waals surface area (Å²) in [6.45, 7) is 2.02. The second kappa shape index (κ2) is 9.60. The summed E-state index contributed by atoms with van der Waals surface area (Å²) < 4.78 is 0.906. The maximum atomic E-state index is 13.0. The first-order valence-electron chi connectivity index (χ1n) is 10.2. The van der Waals surface area contributed by atoms with Crippen LogP contribution < -0.4 is 15.5 Å². The summed E-state index contributed by atoms with van der Waals surface area (Å²) >= 11 is 9.58. The zero-order valence-electron chi connectivity index (χ0n) is 17.6. The molecule has 0 aliphatic carbocycles. The van der Waals surface area contributed by atoms with E-state index in [-0.39, 0.29) is 16.6 Å². The van der Waals surface area contributed by atoms with Gasteiger partial charge in [-0.3, -0.25) is 14.4 Å². The van der Waals surface area contributed by atoms with Crippen molar-refractivity contribution in [3.8, 4) is 0 Å². The first-order valence-corrected chi connectivity index (χ1v) is 11.4. The number of benzene rings is 3. The van der Waals surface area contributed by atoms with E-state index in [1.165, 1.54) is 0 Å². The second-order valence-electron chi connectivity index (χ2n) is 7.32. The molecule has 6 nitrogen and oxygen atoms in total. The van der Waals surface area contributed by atoms with Gasteiger partial charge in [0.05, 0.1) is 5.69 Å². The van der Waals surface area contributed by atoms with Crippen molar-refractivity contribution in [3.05, 3.63) is 99.1 Å². The molecule has 0 spiro atoms. The normalized spacial score (nSPS) is 13.5. The molecule has 1 aliphatic heterocycles. The first-order chi connectivity index (χ1) is 15.9. The highest BCUT2D eigenvalue weighted by atomic mass is 79.9. The molecule has 0 radical (unpaired) electrons. The van der Waals surface area contributed by atoms with Crippen LogP contribution in [0.2, 0.25) is 0 Å². The zero-order chi connectivity index (χ0) is 23.5. The van der Waals surface area contributed by atoms with Gasteiger partial charge in [0.15, 0.2) is 0 Å². The SMILES string of the molecule is CCc1ccc(N2C(=O)C(Cl)=C(Nc3cccc(C(=O)Nc4ccc(Br)cc4)c3)C2=O)cc1. The van der Waals surface area contributed by atoms with Crippen molar-refractivity contribution in [1.29, 1.82) is 0 Å². The number of carbonyl (C=O) groups is 3. The van der Waals surface area contributed by atoms with E-state index in [9.17, 15) is 14.4 Å². The highest BCUT2D eigenvalue weighted by Gasteiger charge is 2.38. The molecule has 166 valence electrons. The van der Waals surface area contributed by atoms with Gasteiger partial charge in [-0.2, -0.15) is 0 Å². The molecule has 1 heterocycles. The van der Waals surface area contributed by atoms with E-state index in [2.05, 4.69) is 26.6 Å². The van der Waals surface area contributed by atoms with Gasteiger partial charge in [0, 0.05) is 21.4 Å². The predicted molar refractivity (Wildman–Crippen MR) is 133 cm³/mol. The molecule has 4 rings (SSSR count). The van der Waals surface area contributed by atoms with Gasteiger partial charge in [-0.1, -0.05) is 52.7 Å². The van der Waals surface area contributed by atoms with Gasteiger partial charge in [0.1, 0.15) is 10.7 Å². The van der Waals surface area contributed by atoms with Crippen molar-refractivity contribution in [2.75, 3.05) is 15.5 Å². The predicted octanol–water partition coefficient (Wildman–Crippen LogP) is 5.70. The molecule has 0 bridgehead atoms. The maximum absolute atomic E-state index is 13.0. The molecule has 0 atom stereocenters. The molecule has 3 aromatic rings. The lowest BCUT2D eigenvalue weighted by molar-refractivity contribution is -0.120. The number of hydrogen-bond donors (Lipinski definition) is 2. The Morgan fingerprint density at radius 1 is 0.939 bits per heavy atom. The lowest BCUT2D eigenvalue weighted by Crippen LogP contribution is -2.32. The monoisotopic (exact) mass is 523 g/mol. The Morgan fingerprint density at radius 3 is 2.30 bits per heavy atom. The highest BCUT2D eigenvalue weighted by Crippen LogP contribution is 2.30. The van der Waals surface area contributed by atoms with Gasteiger partial charge in [-0.05, 0) is 66.6 Å². The number of nitrogens with one attached hydrogen (secondary N) is 2. The molecule has 8 heteroatoms. The van der Waals surface area contributed by atoms with E-state index in [1.54, 1.807) is 48.5 Å². The van der Waals surface area contributed by atoms with Gasteiger partial charge in [0.2, 0.25) is 0 Å². The van der Waals surface area contributed by atoms with Gasteiger partial charge in [0.25, 0.3) is 17.7 Å². The van der Waals surface area contributed by atoms with Crippen molar-refractivity contribution < 1.29 is 14.4 Å². The fourth-order valence-electron chi connectivity index (χ4n) is 3.35. The molecular weight excluding hydrogens is 506 g/mol. The van der Waals surface area contributed by atoms with Crippen LogP contribution in [0, 0.1) is 0 Å². The lowest BCUT2D eigenvalue weighted by atomic mass is 10.1. The van der Waals surface area contributed by atoms with E-state index in [0.717, 1.165) is 21.4 Å². The van der Waals surface area contributed by atoms with Crippen molar-refractivity contribution in [3.63, 3.8) is 0 Å². The minimum Gasteiger partial charge on any atom is -0.350 e. The summed E-state index contributed by atoms with van der Waals surface area (Å²) in [5.74, 6) is -1.47. The minimum absolute atomic E-state index is 0.0355. The molecule has 3 aromatic carbocycles. The molecule has 0 saturated heterocycles. The fraction of sp³-hybridized carbons (Fsp3) is 0.0800. The number of hydrogen-bond acceptors (Lipinski definition) is 4. The maximum Gasteiger partial charge on any atom is 0.283 e. The van der Waals surface area contributed by atoms with Gasteiger partial charge in [-0.15, -0.1) is 0 Å². The van der Waals surface area contributed by atoms with E-state index < -0.39 is 11.8 Å². The number of aryl methyl sites for hydroxylation is 1. The Labute approximate surface area is 204 Å². The summed E-state index contributed by atoms with van der Waals surface area (Å²) in [5, 5.41) is 5.52.